The summed E-state index contributed by atoms with van der Waals surface area (Å²) in [6, 6.07) is 0.777. The van der Waals surface area contributed by atoms with Gasteiger partial charge in [0.25, 0.3) is 0 Å². The summed E-state index contributed by atoms with van der Waals surface area (Å²) in [6.45, 7) is 5.85. The van der Waals surface area contributed by atoms with Crippen molar-refractivity contribution >= 4 is 0 Å². The van der Waals surface area contributed by atoms with Crippen molar-refractivity contribution in [1.29, 1.82) is 0 Å². The Kier molecular flexibility index (Phi) is 2.75. The van der Waals surface area contributed by atoms with E-state index in [-0.39, 0.29) is 0 Å². The predicted octanol–water partition coefficient (Wildman–Crippen LogP) is 2.56. The number of hydrogen-bond acceptors (Lipinski definition) is 1. The second-order valence-electron chi connectivity index (χ2n) is 3.11. The molecule has 1 aliphatic rings. The first kappa shape index (κ1) is 8.38. The highest BCUT2D eigenvalue weighted by molar-refractivity contribution is 5.14. The first-order chi connectivity index (χ1) is 5.29. The summed E-state index contributed by atoms with van der Waals surface area (Å²) in [5.41, 5.74) is 1.26. The minimum Gasteiger partial charge on any atom is -0.372 e. The molecular formula is C10H17N. The maximum atomic E-state index is 3.78. The molecular weight excluding hydrogens is 134 g/mol. The summed E-state index contributed by atoms with van der Waals surface area (Å²) >= 11 is 0. The molecule has 0 aliphatic heterocycles. The third kappa shape index (κ3) is 1.65. The highest BCUT2D eigenvalue weighted by Gasteiger charge is 2.21. The van der Waals surface area contributed by atoms with Crippen LogP contribution < -0.4 is 0 Å². The average molecular weight is 151 g/mol. The molecule has 0 aromatic rings. The van der Waals surface area contributed by atoms with E-state index in [9.17, 15) is 0 Å². The number of hydrogen-bond donors (Lipinski definition) is 0. The SMILES string of the molecule is C=C/C(=C\C)N(C)C1CCC1. The zero-order valence-electron chi connectivity index (χ0n) is 7.51. The first-order valence-corrected chi connectivity index (χ1v) is 4.31. The van der Waals surface area contributed by atoms with E-state index in [0.717, 1.165) is 6.04 Å². The molecule has 1 rings (SSSR count). The van der Waals surface area contributed by atoms with Crippen LogP contribution in [0.2, 0.25) is 0 Å². The maximum Gasteiger partial charge on any atom is 0.0316 e. The van der Waals surface area contributed by atoms with E-state index in [2.05, 4.69) is 31.5 Å². The van der Waals surface area contributed by atoms with Crippen LogP contribution in [0, 0.1) is 0 Å². The Labute approximate surface area is 69.4 Å². The molecule has 1 heteroatoms. The lowest BCUT2D eigenvalue weighted by atomic mass is 9.91. The summed E-state index contributed by atoms with van der Waals surface area (Å²) in [5.74, 6) is 0. The van der Waals surface area contributed by atoms with Gasteiger partial charge in [0.1, 0.15) is 0 Å². The van der Waals surface area contributed by atoms with Crippen LogP contribution in [-0.2, 0) is 0 Å². The van der Waals surface area contributed by atoms with Crippen molar-refractivity contribution in [2.75, 3.05) is 7.05 Å². The minimum atomic E-state index is 0.777. The normalized spacial score (nSPS) is 19.3. The lowest BCUT2D eigenvalue weighted by Gasteiger charge is -2.36. The van der Waals surface area contributed by atoms with E-state index in [0.29, 0.717) is 0 Å². The van der Waals surface area contributed by atoms with Gasteiger partial charge >= 0.3 is 0 Å². The number of allylic oxidation sites excluding steroid dienone is 2. The fourth-order valence-electron chi connectivity index (χ4n) is 1.45. The monoisotopic (exact) mass is 151 g/mol. The molecule has 1 fully saturated rings. The van der Waals surface area contributed by atoms with Crippen LogP contribution in [0.4, 0.5) is 0 Å². The van der Waals surface area contributed by atoms with Crippen molar-refractivity contribution in [1.82, 2.24) is 4.90 Å². The molecule has 0 saturated heterocycles. The second-order valence-corrected chi connectivity index (χ2v) is 3.11. The highest BCUT2D eigenvalue weighted by Crippen LogP contribution is 2.26. The molecule has 1 aliphatic carbocycles. The van der Waals surface area contributed by atoms with Crippen molar-refractivity contribution in [3.63, 3.8) is 0 Å². The van der Waals surface area contributed by atoms with Gasteiger partial charge in [0, 0.05) is 18.8 Å². The molecule has 0 aromatic heterocycles. The van der Waals surface area contributed by atoms with Crippen LogP contribution >= 0.6 is 0 Å². The highest BCUT2D eigenvalue weighted by atomic mass is 15.1. The maximum absolute atomic E-state index is 3.78. The summed E-state index contributed by atoms with van der Waals surface area (Å²) in [4.78, 5) is 2.33. The fraction of sp³-hybridized carbons (Fsp3) is 0.600. The third-order valence-corrected chi connectivity index (χ3v) is 2.53. The van der Waals surface area contributed by atoms with Crippen LogP contribution in [0.3, 0.4) is 0 Å². The second kappa shape index (κ2) is 3.61. The van der Waals surface area contributed by atoms with Crippen molar-refractivity contribution in [2.24, 2.45) is 0 Å². The van der Waals surface area contributed by atoms with Crippen LogP contribution in [0.1, 0.15) is 26.2 Å². The Morgan fingerprint density at radius 1 is 1.55 bits per heavy atom. The van der Waals surface area contributed by atoms with E-state index in [4.69, 9.17) is 0 Å². The minimum absolute atomic E-state index is 0.777. The van der Waals surface area contributed by atoms with Crippen LogP contribution in [0.5, 0.6) is 0 Å². The van der Waals surface area contributed by atoms with Crippen LogP contribution in [0.15, 0.2) is 24.4 Å². The summed E-state index contributed by atoms with van der Waals surface area (Å²) in [5, 5.41) is 0. The number of likely N-dealkylation sites (N-methyl/N-ethyl adjacent to an activating group) is 1. The van der Waals surface area contributed by atoms with Crippen molar-refractivity contribution in [2.45, 2.75) is 32.2 Å². The zero-order chi connectivity index (χ0) is 8.27. The molecule has 0 N–H and O–H groups in total. The Balaban J connectivity index is 2.50. The van der Waals surface area contributed by atoms with Gasteiger partial charge in [0.2, 0.25) is 0 Å². The average Bonchev–Trinajstić information content (AvgIpc) is 1.86. The van der Waals surface area contributed by atoms with E-state index in [1.807, 2.05) is 6.08 Å². The van der Waals surface area contributed by atoms with Gasteiger partial charge in [-0.25, -0.2) is 0 Å². The smallest absolute Gasteiger partial charge is 0.0316 e. The van der Waals surface area contributed by atoms with Crippen molar-refractivity contribution < 1.29 is 0 Å². The van der Waals surface area contributed by atoms with E-state index in [1.165, 1.54) is 25.0 Å². The van der Waals surface area contributed by atoms with Crippen molar-refractivity contribution in [3.05, 3.63) is 24.4 Å². The molecule has 0 unspecified atom stereocenters. The molecule has 0 aromatic carbocycles. The Hall–Kier alpha value is -0.720. The molecule has 0 radical (unpaired) electrons. The summed E-state index contributed by atoms with van der Waals surface area (Å²) in [6.07, 6.45) is 8.14. The van der Waals surface area contributed by atoms with Gasteiger partial charge in [-0.15, -0.1) is 0 Å². The molecule has 11 heavy (non-hydrogen) atoms. The Morgan fingerprint density at radius 3 is 2.45 bits per heavy atom. The van der Waals surface area contributed by atoms with E-state index < -0.39 is 0 Å². The van der Waals surface area contributed by atoms with Gasteiger partial charge < -0.3 is 4.90 Å². The van der Waals surface area contributed by atoms with Crippen LogP contribution in [-0.4, -0.2) is 18.0 Å². The topological polar surface area (TPSA) is 3.24 Å². The standard InChI is InChI=1S/C10H17N/c1-4-9(5-2)11(3)10-7-6-8-10/h4-5,10H,1,6-8H2,2-3H3/b9-5+. The molecule has 62 valence electrons. The van der Waals surface area contributed by atoms with E-state index >= 15 is 0 Å². The van der Waals surface area contributed by atoms with Gasteiger partial charge in [-0.1, -0.05) is 12.7 Å². The van der Waals surface area contributed by atoms with E-state index in [1.54, 1.807) is 0 Å². The predicted molar refractivity (Wildman–Crippen MR) is 49.4 cm³/mol. The quantitative estimate of drug-likeness (QED) is 0.560. The van der Waals surface area contributed by atoms with Crippen LogP contribution in [0.25, 0.3) is 0 Å². The molecule has 1 nitrogen and oxygen atoms in total. The molecule has 1 saturated carbocycles. The number of rotatable bonds is 3. The summed E-state index contributed by atoms with van der Waals surface area (Å²) < 4.78 is 0. The Bertz CT molecular complexity index is 166. The number of nitrogens with zero attached hydrogens (tertiary/aromatic N) is 1. The van der Waals surface area contributed by atoms with Gasteiger partial charge in [0.15, 0.2) is 0 Å². The third-order valence-electron chi connectivity index (χ3n) is 2.53. The molecule has 0 bridgehead atoms. The largest absolute Gasteiger partial charge is 0.372 e. The fourth-order valence-corrected chi connectivity index (χ4v) is 1.45. The summed E-state index contributed by atoms with van der Waals surface area (Å²) in [7, 11) is 2.15. The lowest BCUT2D eigenvalue weighted by Crippen LogP contribution is -2.35. The van der Waals surface area contributed by atoms with Gasteiger partial charge in [-0.05, 0) is 32.3 Å². The lowest BCUT2D eigenvalue weighted by molar-refractivity contribution is 0.206. The van der Waals surface area contributed by atoms with Crippen molar-refractivity contribution in [3.8, 4) is 0 Å². The molecule has 0 atom stereocenters. The Morgan fingerprint density at radius 2 is 2.18 bits per heavy atom. The zero-order valence-corrected chi connectivity index (χ0v) is 7.51. The van der Waals surface area contributed by atoms with Gasteiger partial charge in [0.05, 0.1) is 0 Å². The molecule has 0 heterocycles. The molecule has 0 amide bonds. The molecule has 0 spiro atoms. The first-order valence-electron chi connectivity index (χ1n) is 4.31. The van der Waals surface area contributed by atoms with Gasteiger partial charge in [-0.3, -0.25) is 0 Å². The van der Waals surface area contributed by atoms with Gasteiger partial charge in [-0.2, -0.15) is 0 Å².